The highest BCUT2D eigenvalue weighted by Gasteiger charge is 2.24. The summed E-state index contributed by atoms with van der Waals surface area (Å²) in [5.41, 5.74) is 2.76. The van der Waals surface area contributed by atoms with Crippen molar-refractivity contribution in [3.63, 3.8) is 0 Å². The van der Waals surface area contributed by atoms with Crippen LogP contribution in [0.1, 0.15) is 25.0 Å². The summed E-state index contributed by atoms with van der Waals surface area (Å²) in [6.45, 7) is 4.38. The molecule has 0 atom stereocenters. The average Bonchev–Trinajstić information content (AvgIpc) is 2.04. The lowest BCUT2D eigenvalue weighted by Crippen LogP contribution is -2.20. The largest absolute Gasteiger partial charge is 0.0750 e. The van der Waals surface area contributed by atoms with Crippen molar-refractivity contribution in [3.05, 3.63) is 47.9 Å². The molecule has 1 aromatic rings. The van der Waals surface area contributed by atoms with Crippen molar-refractivity contribution >= 4 is 6.08 Å². The Bertz CT molecular complexity index is 319. The van der Waals surface area contributed by atoms with Crippen LogP contribution in [0.3, 0.4) is 0 Å². The molecule has 0 amide bonds. The Morgan fingerprint density at radius 1 is 1.17 bits per heavy atom. The number of allylic oxidation sites excluding steroid dienone is 1. The van der Waals surface area contributed by atoms with Crippen molar-refractivity contribution in [2.75, 3.05) is 0 Å². The summed E-state index contributed by atoms with van der Waals surface area (Å²) < 4.78 is 0. The molecule has 0 aliphatic heterocycles. The Hall–Kier alpha value is -1.04. The van der Waals surface area contributed by atoms with Gasteiger partial charge < -0.3 is 0 Å². The predicted molar refractivity (Wildman–Crippen MR) is 51.7 cm³/mol. The van der Waals surface area contributed by atoms with Crippen LogP contribution in [0.5, 0.6) is 0 Å². The molecule has 0 aromatic heterocycles. The standard InChI is InChI=1S/C12H12/c1-12(2)9-5-7-10-6-3-4-8-11(10)12/h3-8H,1-2H3. The minimum Gasteiger partial charge on any atom is -0.0750 e. The Balaban J connectivity index is 2.60. The lowest BCUT2D eigenvalue weighted by molar-refractivity contribution is 0.627. The summed E-state index contributed by atoms with van der Waals surface area (Å²) in [6.07, 6.45) is 7.46. The number of rotatable bonds is 0. The van der Waals surface area contributed by atoms with Crippen molar-refractivity contribution in [1.82, 2.24) is 0 Å². The quantitative estimate of drug-likeness (QED) is 0.541. The van der Waals surface area contributed by atoms with Crippen LogP contribution in [0.15, 0.2) is 30.3 Å². The maximum Gasteiger partial charge on any atom is 0.0194 e. The van der Waals surface area contributed by atoms with Crippen molar-refractivity contribution in [2.24, 2.45) is 0 Å². The first-order valence-electron chi connectivity index (χ1n) is 4.24. The zero-order valence-electron chi connectivity index (χ0n) is 7.46. The van der Waals surface area contributed by atoms with Crippen LogP contribution in [0, 0.1) is 6.42 Å². The topological polar surface area (TPSA) is 0 Å². The van der Waals surface area contributed by atoms with Gasteiger partial charge in [0.2, 0.25) is 0 Å². The van der Waals surface area contributed by atoms with Crippen LogP contribution in [-0.4, -0.2) is 0 Å². The van der Waals surface area contributed by atoms with Gasteiger partial charge in [-0.1, -0.05) is 50.3 Å². The highest BCUT2D eigenvalue weighted by Crippen LogP contribution is 2.33. The van der Waals surface area contributed by atoms with Crippen LogP contribution in [0.2, 0.25) is 0 Å². The van der Waals surface area contributed by atoms with E-state index in [4.69, 9.17) is 0 Å². The summed E-state index contributed by atoms with van der Waals surface area (Å²) >= 11 is 0. The zero-order chi connectivity index (χ0) is 8.60. The molecular weight excluding hydrogens is 144 g/mol. The zero-order valence-corrected chi connectivity index (χ0v) is 7.46. The summed E-state index contributed by atoms with van der Waals surface area (Å²) in [4.78, 5) is 0. The van der Waals surface area contributed by atoms with Gasteiger partial charge in [-0.25, -0.2) is 0 Å². The molecule has 12 heavy (non-hydrogen) atoms. The third-order valence-corrected chi connectivity index (χ3v) is 2.34. The molecule has 0 heteroatoms. The van der Waals surface area contributed by atoms with E-state index < -0.39 is 0 Å². The fourth-order valence-electron chi connectivity index (χ4n) is 1.63. The lowest BCUT2D eigenvalue weighted by Gasteiger charge is -2.27. The minimum absolute atomic E-state index is 0.0747. The summed E-state index contributed by atoms with van der Waals surface area (Å²) in [5, 5.41) is 0. The molecule has 2 rings (SSSR count). The average molecular weight is 156 g/mol. The molecule has 2 radical (unpaired) electrons. The van der Waals surface area contributed by atoms with Gasteiger partial charge in [-0.3, -0.25) is 0 Å². The predicted octanol–water partition coefficient (Wildman–Crippen LogP) is 3.07. The Morgan fingerprint density at radius 3 is 2.67 bits per heavy atom. The molecule has 0 bridgehead atoms. The van der Waals surface area contributed by atoms with Crippen LogP contribution < -0.4 is 0 Å². The molecule has 0 fully saturated rings. The third-order valence-electron chi connectivity index (χ3n) is 2.34. The first-order valence-corrected chi connectivity index (χ1v) is 4.24. The molecule has 1 aromatic carbocycles. The maximum absolute atomic E-state index is 3.33. The highest BCUT2D eigenvalue weighted by molar-refractivity contribution is 5.61. The fourth-order valence-corrected chi connectivity index (χ4v) is 1.63. The molecule has 0 saturated carbocycles. The van der Waals surface area contributed by atoms with Crippen LogP contribution in [-0.2, 0) is 5.41 Å². The van der Waals surface area contributed by atoms with Gasteiger partial charge in [-0.2, -0.15) is 0 Å². The van der Waals surface area contributed by atoms with Gasteiger partial charge in [0, 0.05) is 11.8 Å². The Labute approximate surface area is 73.9 Å². The van der Waals surface area contributed by atoms with E-state index in [9.17, 15) is 0 Å². The molecule has 0 heterocycles. The van der Waals surface area contributed by atoms with Gasteiger partial charge in [0.25, 0.3) is 0 Å². The van der Waals surface area contributed by atoms with E-state index in [1.807, 2.05) is 6.08 Å². The highest BCUT2D eigenvalue weighted by atomic mass is 14.3. The summed E-state index contributed by atoms with van der Waals surface area (Å²) in [7, 11) is 0. The first-order chi connectivity index (χ1) is 5.70. The number of hydrogen-bond acceptors (Lipinski definition) is 0. The maximum atomic E-state index is 3.33. The molecule has 0 spiro atoms. The number of benzene rings is 1. The molecule has 60 valence electrons. The van der Waals surface area contributed by atoms with Gasteiger partial charge in [-0.15, -0.1) is 0 Å². The monoisotopic (exact) mass is 156 g/mol. The van der Waals surface area contributed by atoms with E-state index in [-0.39, 0.29) is 5.41 Å². The smallest absolute Gasteiger partial charge is 0.0194 e. The molecule has 1 aliphatic carbocycles. The lowest BCUT2D eigenvalue weighted by atomic mass is 9.76. The number of fused-ring (bicyclic) bond motifs is 1. The van der Waals surface area contributed by atoms with Crippen LogP contribution in [0.25, 0.3) is 6.08 Å². The van der Waals surface area contributed by atoms with Gasteiger partial charge in [-0.05, 0) is 11.1 Å². The van der Waals surface area contributed by atoms with E-state index in [1.54, 1.807) is 0 Å². The minimum atomic E-state index is 0.0747. The second kappa shape index (κ2) is 2.48. The molecule has 0 saturated heterocycles. The SMILES string of the molecule is CC1(C)[C]C=Cc2ccccc21. The fraction of sp³-hybridized carbons (Fsp3) is 0.250. The molecular formula is C12H12. The van der Waals surface area contributed by atoms with Gasteiger partial charge in [0.15, 0.2) is 0 Å². The summed E-state index contributed by atoms with van der Waals surface area (Å²) in [6, 6.07) is 8.48. The van der Waals surface area contributed by atoms with Crippen LogP contribution >= 0.6 is 0 Å². The van der Waals surface area contributed by atoms with Crippen molar-refractivity contribution in [1.29, 1.82) is 0 Å². The molecule has 1 aliphatic rings. The van der Waals surface area contributed by atoms with Crippen molar-refractivity contribution < 1.29 is 0 Å². The molecule has 0 unspecified atom stereocenters. The Morgan fingerprint density at radius 2 is 1.92 bits per heavy atom. The Kier molecular flexibility index (Phi) is 1.57. The normalized spacial score (nSPS) is 18.8. The van der Waals surface area contributed by atoms with E-state index in [0.29, 0.717) is 0 Å². The van der Waals surface area contributed by atoms with E-state index in [1.165, 1.54) is 11.1 Å². The van der Waals surface area contributed by atoms with E-state index in [0.717, 1.165) is 0 Å². The van der Waals surface area contributed by atoms with E-state index >= 15 is 0 Å². The first kappa shape index (κ1) is 7.60. The molecule has 0 N–H and O–H groups in total. The second-order valence-corrected chi connectivity index (χ2v) is 3.69. The van der Waals surface area contributed by atoms with Gasteiger partial charge >= 0.3 is 0 Å². The molecule has 0 nitrogen and oxygen atoms in total. The summed E-state index contributed by atoms with van der Waals surface area (Å²) in [5.74, 6) is 0. The van der Waals surface area contributed by atoms with Crippen molar-refractivity contribution in [2.45, 2.75) is 19.3 Å². The second-order valence-electron chi connectivity index (χ2n) is 3.69. The van der Waals surface area contributed by atoms with Crippen molar-refractivity contribution in [3.8, 4) is 0 Å². The van der Waals surface area contributed by atoms with Gasteiger partial charge in [0.05, 0.1) is 0 Å². The number of hydrogen-bond donors (Lipinski definition) is 0. The van der Waals surface area contributed by atoms with Crippen LogP contribution in [0.4, 0.5) is 0 Å². The van der Waals surface area contributed by atoms with E-state index in [2.05, 4.69) is 50.6 Å². The third kappa shape index (κ3) is 1.08. The van der Waals surface area contributed by atoms with Gasteiger partial charge in [0.1, 0.15) is 0 Å².